The molecule has 2 heterocycles. The molecule has 21 heavy (non-hydrogen) atoms. The van der Waals surface area contributed by atoms with Gasteiger partial charge in [0.1, 0.15) is 23.5 Å². The molecule has 2 aromatic rings. The maximum absolute atomic E-state index is 10.2. The zero-order chi connectivity index (χ0) is 14.8. The maximum Gasteiger partial charge on any atom is 0.227 e. The van der Waals surface area contributed by atoms with Crippen molar-refractivity contribution in [3.05, 3.63) is 35.5 Å². The molecule has 1 aliphatic rings. The van der Waals surface area contributed by atoms with Crippen LogP contribution < -0.4 is 0 Å². The molecule has 0 aliphatic carbocycles. The number of aromatic nitrogens is 1. The number of hydrogen-bond donors (Lipinski definition) is 3. The number of para-hydroxylation sites is 1. The number of hydrogen-bond acceptors (Lipinski definition) is 5. The zero-order valence-electron chi connectivity index (χ0n) is 11.1. The molecule has 0 spiro atoms. The molecule has 0 bridgehead atoms. The Labute approximate surface area is 120 Å². The number of aliphatic hydroxyl groups is 1. The number of rotatable bonds is 3. The van der Waals surface area contributed by atoms with E-state index in [0.717, 1.165) is 5.52 Å². The van der Waals surface area contributed by atoms with Crippen molar-refractivity contribution in [2.45, 2.75) is 6.10 Å². The fraction of sp³-hybridized carbons (Fsp3) is 0.200. The van der Waals surface area contributed by atoms with Crippen LogP contribution in [0.5, 0.6) is 5.75 Å². The number of aliphatic hydroxyl groups excluding tert-OH is 1. The summed E-state index contributed by atoms with van der Waals surface area (Å²) in [6, 6.07) is 9.30. The van der Waals surface area contributed by atoms with Crippen LogP contribution in [0.25, 0.3) is 17.0 Å². The van der Waals surface area contributed by atoms with Gasteiger partial charge in [-0.3, -0.25) is 0 Å². The van der Waals surface area contributed by atoms with E-state index >= 15 is 0 Å². The minimum Gasteiger partial charge on any atom is -0.505 e. The van der Waals surface area contributed by atoms with Gasteiger partial charge in [-0.25, -0.2) is 4.99 Å². The van der Waals surface area contributed by atoms with Crippen molar-refractivity contribution in [3.8, 4) is 11.8 Å². The van der Waals surface area contributed by atoms with Gasteiger partial charge in [0.15, 0.2) is 0 Å². The van der Waals surface area contributed by atoms with Gasteiger partial charge in [0, 0.05) is 10.9 Å². The molecular weight excluding hydrogens is 270 g/mol. The highest BCUT2D eigenvalue weighted by atomic mass is 16.5. The fourth-order valence-corrected chi connectivity index (χ4v) is 2.20. The van der Waals surface area contributed by atoms with E-state index in [9.17, 15) is 10.4 Å². The van der Waals surface area contributed by atoms with Crippen molar-refractivity contribution < 1.29 is 14.9 Å². The SMILES string of the molecule is N#CC(=Cc1[nH]c2ccccc2c1O)C1=NC[C@H](CO)O1. The summed E-state index contributed by atoms with van der Waals surface area (Å²) < 4.78 is 5.36. The average Bonchev–Trinajstić information content (AvgIpc) is 3.10. The van der Waals surface area contributed by atoms with E-state index in [1.807, 2.05) is 24.3 Å². The lowest BCUT2D eigenvalue weighted by molar-refractivity contribution is 0.130. The number of aromatic hydroxyl groups is 1. The lowest BCUT2D eigenvalue weighted by Gasteiger charge is -2.06. The third-order valence-corrected chi connectivity index (χ3v) is 3.27. The second kappa shape index (κ2) is 5.31. The van der Waals surface area contributed by atoms with Gasteiger partial charge in [-0.05, 0) is 18.2 Å². The van der Waals surface area contributed by atoms with Gasteiger partial charge in [-0.1, -0.05) is 12.1 Å². The highest BCUT2D eigenvalue weighted by Gasteiger charge is 2.22. The molecule has 0 amide bonds. The number of nitrogens with one attached hydrogen (secondary N) is 1. The predicted octanol–water partition coefficient (Wildman–Crippen LogP) is 1.57. The van der Waals surface area contributed by atoms with Crippen LogP contribution in [0.4, 0.5) is 0 Å². The summed E-state index contributed by atoms with van der Waals surface area (Å²) in [4.78, 5) is 7.13. The van der Waals surface area contributed by atoms with Crippen molar-refractivity contribution in [2.24, 2.45) is 4.99 Å². The Hall–Kier alpha value is -2.78. The lowest BCUT2D eigenvalue weighted by Crippen LogP contribution is -2.17. The molecule has 0 radical (unpaired) electrons. The predicted molar refractivity (Wildman–Crippen MR) is 77.8 cm³/mol. The van der Waals surface area contributed by atoms with E-state index in [1.54, 1.807) is 6.07 Å². The summed E-state index contributed by atoms with van der Waals surface area (Å²) in [5, 5.41) is 29.1. The van der Waals surface area contributed by atoms with Gasteiger partial charge < -0.3 is 19.9 Å². The smallest absolute Gasteiger partial charge is 0.227 e. The Kier molecular flexibility index (Phi) is 3.34. The van der Waals surface area contributed by atoms with Gasteiger partial charge in [0.25, 0.3) is 0 Å². The third kappa shape index (κ3) is 2.35. The molecule has 6 nitrogen and oxygen atoms in total. The summed E-state index contributed by atoms with van der Waals surface area (Å²) in [6.07, 6.45) is 1.08. The lowest BCUT2D eigenvalue weighted by atomic mass is 10.2. The van der Waals surface area contributed by atoms with Gasteiger partial charge in [0.2, 0.25) is 5.90 Å². The van der Waals surface area contributed by atoms with E-state index in [1.165, 1.54) is 6.08 Å². The molecule has 1 aromatic carbocycles. The number of nitrogens with zero attached hydrogens (tertiary/aromatic N) is 2. The van der Waals surface area contributed by atoms with Crippen LogP contribution in [-0.2, 0) is 4.74 Å². The van der Waals surface area contributed by atoms with E-state index in [2.05, 4.69) is 9.98 Å². The van der Waals surface area contributed by atoms with Gasteiger partial charge in [-0.2, -0.15) is 5.26 Å². The highest BCUT2D eigenvalue weighted by molar-refractivity contribution is 6.03. The van der Waals surface area contributed by atoms with Crippen LogP contribution >= 0.6 is 0 Å². The molecule has 3 N–H and O–H groups in total. The number of ether oxygens (including phenoxy) is 1. The Morgan fingerprint density at radius 3 is 3.00 bits per heavy atom. The minimum absolute atomic E-state index is 0.0793. The number of aromatic amines is 1. The number of nitriles is 1. The summed E-state index contributed by atoms with van der Waals surface area (Å²) in [6.45, 7) is 0.173. The van der Waals surface area contributed by atoms with Crippen LogP contribution in [0.3, 0.4) is 0 Å². The van der Waals surface area contributed by atoms with Crippen LogP contribution in [0.2, 0.25) is 0 Å². The Balaban J connectivity index is 1.98. The second-order valence-corrected chi connectivity index (χ2v) is 4.67. The third-order valence-electron chi connectivity index (χ3n) is 3.27. The highest BCUT2D eigenvalue weighted by Crippen LogP contribution is 2.30. The molecule has 1 aromatic heterocycles. The molecule has 1 aliphatic heterocycles. The Morgan fingerprint density at radius 2 is 2.33 bits per heavy atom. The quantitative estimate of drug-likeness (QED) is 0.744. The van der Waals surface area contributed by atoms with Gasteiger partial charge in [-0.15, -0.1) is 0 Å². The maximum atomic E-state index is 10.2. The van der Waals surface area contributed by atoms with E-state index in [-0.39, 0.29) is 23.8 Å². The van der Waals surface area contributed by atoms with Crippen LogP contribution in [-0.4, -0.2) is 40.4 Å². The Morgan fingerprint density at radius 1 is 1.52 bits per heavy atom. The molecule has 0 unspecified atom stereocenters. The van der Waals surface area contributed by atoms with Crippen LogP contribution in [0.1, 0.15) is 5.69 Å². The summed E-state index contributed by atoms with van der Waals surface area (Å²) >= 11 is 0. The molecule has 0 fully saturated rings. The van der Waals surface area contributed by atoms with E-state index < -0.39 is 6.10 Å². The molecule has 1 atom stereocenters. The van der Waals surface area contributed by atoms with Crippen molar-refractivity contribution >= 4 is 22.9 Å². The van der Waals surface area contributed by atoms with Crippen LogP contribution in [0.15, 0.2) is 34.8 Å². The molecular formula is C15H13N3O3. The molecule has 3 rings (SSSR count). The molecule has 0 saturated carbocycles. The monoisotopic (exact) mass is 283 g/mol. The van der Waals surface area contributed by atoms with Crippen molar-refractivity contribution in [1.29, 1.82) is 5.26 Å². The standard InChI is InChI=1S/C15H13N3O3/c16-6-9(15-17-7-10(8-19)21-15)5-13-14(20)11-3-1-2-4-12(11)18-13/h1-5,10,18-20H,7-8H2/t10-/m1/s1. The first-order chi connectivity index (χ1) is 10.2. The molecule has 6 heteroatoms. The van der Waals surface area contributed by atoms with E-state index in [0.29, 0.717) is 17.6 Å². The first kappa shape index (κ1) is 13.2. The normalized spacial score (nSPS) is 18.4. The Bertz CT molecular complexity index is 783. The number of aliphatic imine (C=N–C) groups is 1. The molecule has 106 valence electrons. The van der Waals surface area contributed by atoms with Crippen molar-refractivity contribution in [1.82, 2.24) is 4.98 Å². The first-order valence-corrected chi connectivity index (χ1v) is 6.46. The number of H-pyrrole nitrogens is 1. The van der Waals surface area contributed by atoms with E-state index in [4.69, 9.17) is 9.84 Å². The van der Waals surface area contributed by atoms with Crippen molar-refractivity contribution in [3.63, 3.8) is 0 Å². The summed E-state index contributed by atoms with van der Waals surface area (Å²) in [5.41, 5.74) is 1.40. The van der Waals surface area contributed by atoms with Gasteiger partial charge in [0.05, 0.1) is 18.8 Å². The van der Waals surface area contributed by atoms with Crippen LogP contribution in [0, 0.1) is 11.3 Å². The zero-order valence-corrected chi connectivity index (χ0v) is 11.1. The van der Waals surface area contributed by atoms with Crippen molar-refractivity contribution in [2.75, 3.05) is 13.2 Å². The topological polar surface area (TPSA) is 102 Å². The largest absolute Gasteiger partial charge is 0.505 e. The first-order valence-electron chi connectivity index (χ1n) is 6.46. The second-order valence-electron chi connectivity index (χ2n) is 4.67. The van der Waals surface area contributed by atoms with Gasteiger partial charge >= 0.3 is 0 Å². The summed E-state index contributed by atoms with van der Waals surface area (Å²) in [5.74, 6) is 0.269. The summed E-state index contributed by atoms with van der Waals surface area (Å²) in [7, 11) is 0. The number of benzene rings is 1. The molecule has 0 saturated heterocycles. The fourth-order valence-electron chi connectivity index (χ4n) is 2.20. The number of fused-ring (bicyclic) bond motifs is 1. The average molecular weight is 283 g/mol. The minimum atomic E-state index is -0.409.